The number of benzene rings is 1. The number of rotatable bonds is 2. The smallest absolute Gasteiger partial charge is 0.249 e. The summed E-state index contributed by atoms with van der Waals surface area (Å²) in [5.74, 6) is -0.00507. The van der Waals surface area contributed by atoms with Crippen LogP contribution in [0.1, 0.15) is 38.5 Å². The molecule has 1 atom stereocenters. The van der Waals surface area contributed by atoms with Crippen molar-refractivity contribution in [3.8, 4) is 0 Å². The molecule has 0 unspecified atom stereocenters. The number of hydrogen-bond donors (Lipinski definition) is 1. The van der Waals surface area contributed by atoms with Crippen molar-refractivity contribution < 1.29 is 14.4 Å². The summed E-state index contributed by atoms with van der Waals surface area (Å²) >= 11 is 0. The van der Waals surface area contributed by atoms with Gasteiger partial charge >= 0.3 is 0 Å². The van der Waals surface area contributed by atoms with Gasteiger partial charge in [-0.25, -0.2) is 0 Å². The molecule has 6 heteroatoms. The fourth-order valence-corrected chi connectivity index (χ4v) is 4.32. The van der Waals surface area contributed by atoms with Crippen LogP contribution in [0.15, 0.2) is 24.3 Å². The zero-order valence-corrected chi connectivity index (χ0v) is 14.2. The molecule has 3 aliphatic rings. The van der Waals surface area contributed by atoms with Crippen molar-refractivity contribution in [3.63, 3.8) is 0 Å². The van der Waals surface area contributed by atoms with E-state index in [0.29, 0.717) is 37.5 Å². The van der Waals surface area contributed by atoms with E-state index in [0.717, 1.165) is 37.3 Å². The number of ketones is 1. The lowest BCUT2D eigenvalue weighted by Crippen LogP contribution is -2.57. The van der Waals surface area contributed by atoms with Gasteiger partial charge in [0.15, 0.2) is 0 Å². The predicted octanol–water partition coefficient (Wildman–Crippen LogP) is 1.63. The lowest BCUT2D eigenvalue weighted by molar-refractivity contribution is -0.134. The van der Waals surface area contributed by atoms with Crippen LogP contribution in [0.3, 0.4) is 0 Å². The molecule has 0 aromatic heterocycles. The van der Waals surface area contributed by atoms with Gasteiger partial charge in [0.05, 0.1) is 11.4 Å². The minimum Gasteiger partial charge on any atom is -0.365 e. The molecule has 1 N–H and O–H groups in total. The van der Waals surface area contributed by atoms with E-state index in [1.807, 2.05) is 12.1 Å². The average Bonchev–Trinajstić information content (AvgIpc) is 2.62. The Kier molecular flexibility index (Phi) is 4.19. The first-order chi connectivity index (χ1) is 12.1. The molecule has 0 bridgehead atoms. The maximum absolute atomic E-state index is 12.3. The van der Waals surface area contributed by atoms with Crippen molar-refractivity contribution >= 4 is 29.0 Å². The summed E-state index contributed by atoms with van der Waals surface area (Å²) in [6.45, 7) is 1.60. The number of hydrogen-bond acceptors (Lipinski definition) is 5. The molecule has 1 aliphatic carbocycles. The first-order valence-electron chi connectivity index (χ1n) is 9.11. The van der Waals surface area contributed by atoms with Crippen LogP contribution in [-0.2, 0) is 14.4 Å². The van der Waals surface area contributed by atoms with E-state index < -0.39 is 0 Å². The second kappa shape index (κ2) is 6.50. The van der Waals surface area contributed by atoms with Crippen LogP contribution in [0.5, 0.6) is 0 Å². The summed E-state index contributed by atoms with van der Waals surface area (Å²) in [6.07, 6.45) is 4.11. The van der Waals surface area contributed by atoms with Crippen molar-refractivity contribution in [2.75, 3.05) is 22.9 Å². The normalized spacial score (nSPS) is 25.0. The second-order valence-electron chi connectivity index (χ2n) is 7.11. The molecule has 132 valence electrons. The minimum atomic E-state index is -0.283. The number of nitrogens with one attached hydrogen (secondary N) is 1. The van der Waals surface area contributed by atoms with Crippen LogP contribution in [0.25, 0.3) is 0 Å². The maximum Gasteiger partial charge on any atom is 0.249 e. The number of fused-ring (bicyclic) bond motifs is 1. The van der Waals surface area contributed by atoms with E-state index in [4.69, 9.17) is 0 Å². The minimum absolute atomic E-state index is 0.181. The average molecular weight is 341 g/mol. The highest BCUT2D eigenvalue weighted by Crippen LogP contribution is 2.38. The number of piperidine rings is 1. The Bertz CT molecular complexity index is 708. The van der Waals surface area contributed by atoms with Crippen LogP contribution in [0, 0.1) is 0 Å². The van der Waals surface area contributed by atoms with Gasteiger partial charge in [-0.15, -0.1) is 0 Å². The number of Topliss-reactive ketones (excluding diaryl/α,β-unsaturated/α-hetero) is 1. The van der Waals surface area contributed by atoms with Gasteiger partial charge in [0.1, 0.15) is 11.8 Å². The molecule has 1 saturated carbocycles. The van der Waals surface area contributed by atoms with Gasteiger partial charge in [0, 0.05) is 38.4 Å². The second-order valence-corrected chi connectivity index (χ2v) is 7.11. The SMILES string of the molecule is O=C1CCC(N2CCN([C@H]3CCC(=O)NC3=O)c3ccccc32)CC1. The Morgan fingerprint density at radius 2 is 1.48 bits per heavy atom. The lowest BCUT2D eigenvalue weighted by atomic mass is 9.91. The molecule has 1 aromatic rings. The highest BCUT2D eigenvalue weighted by atomic mass is 16.2. The quantitative estimate of drug-likeness (QED) is 0.828. The fourth-order valence-electron chi connectivity index (χ4n) is 4.32. The van der Waals surface area contributed by atoms with Crippen LogP contribution >= 0.6 is 0 Å². The molecule has 1 saturated heterocycles. The molecular weight excluding hydrogens is 318 g/mol. The third kappa shape index (κ3) is 3.01. The molecule has 2 fully saturated rings. The molecule has 2 amide bonds. The van der Waals surface area contributed by atoms with Crippen molar-refractivity contribution in [1.29, 1.82) is 0 Å². The van der Waals surface area contributed by atoms with Crippen LogP contribution in [0.2, 0.25) is 0 Å². The van der Waals surface area contributed by atoms with Crippen LogP contribution < -0.4 is 15.1 Å². The van der Waals surface area contributed by atoms with Crippen molar-refractivity contribution in [2.24, 2.45) is 0 Å². The van der Waals surface area contributed by atoms with Crippen molar-refractivity contribution in [3.05, 3.63) is 24.3 Å². The highest BCUT2D eigenvalue weighted by Gasteiger charge is 2.37. The third-order valence-electron chi connectivity index (χ3n) is 5.62. The van der Waals surface area contributed by atoms with Crippen LogP contribution in [-0.4, -0.2) is 42.8 Å². The Balaban J connectivity index is 1.60. The van der Waals surface area contributed by atoms with E-state index >= 15 is 0 Å². The first kappa shape index (κ1) is 16.1. The molecular formula is C19H23N3O3. The van der Waals surface area contributed by atoms with Gasteiger partial charge in [-0.3, -0.25) is 19.7 Å². The third-order valence-corrected chi connectivity index (χ3v) is 5.62. The molecule has 4 rings (SSSR count). The van der Waals surface area contributed by atoms with E-state index in [-0.39, 0.29) is 17.9 Å². The van der Waals surface area contributed by atoms with Gasteiger partial charge in [0.2, 0.25) is 11.8 Å². The Morgan fingerprint density at radius 3 is 2.16 bits per heavy atom. The molecule has 0 spiro atoms. The monoisotopic (exact) mass is 341 g/mol. The summed E-state index contributed by atoms with van der Waals surface area (Å²) in [6, 6.07) is 8.28. The fraction of sp³-hybridized carbons (Fsp3) is 0.526. The highest BCUT2D eigenvalue weighted by molar-refractivity contribution is 6.02. The number of nitrogens with zero attached hydrogens (tertiary/aromatic N) is 2. The Labute approximate surface area is 147 Å². The number of carbonyl (C=O) groups excluding carboxylic acids is 3. The molecule has 25 heavy (non-hydrogen) atoms. The first-order valence-corrected chi connectivity index (χ1v) is 9.11. The largest absolute Gasteiger partial charge is 0.365 e. The maximum atomic E-state index is 12.3. The number of carbonyl (C=O) groups is 3. The number of para-hydroxylation sites is 2. The molecule has 2 aliphatic heterocycles. The van der Waals surface area contributed by atoms with Gasteiger partial charge < -0.3 is 9.80 Å². The Morgan fingerprint density at radius 1 is 0.840 bits per heavy atom. The van der Waals surface area contributed by atoms with Crippen LogP contribution in [0.4, 0.5) is 11.4 Å². The van der Waals surface area contributed by atoms with E-state index in [9.17, 15) is 14.4 Å². The predicted molar refractivity (Wildman–Crippen MR) is 94.6 cm³/mol. The summed E-state index contributed by atoms with van der Waals surface area (Å²) in [5.41, 5.74) is 2.19. The molecule has 6 nitrogen and oxygen atoms in total. The topological polar surface area (TPSA) is 69.7 Å². The molecule has 0 radical (unpaired) electrons. The van der Waals surface area contributed by atoms with Gasteiger partial charge in [-0.2, -0.15) is 0 Å². The zero-order valence-electron chi connectivity index (χ0n) is 14.2. The van der Waals surface area contributed by atoms with Gasteiger partial charge in [-0.1, -0.05) is 12.1 Å². The standard InChI is InChI=1S/C19H23N3O3/c23-14-7-5-13(6-8-14)21-11-12-22(16-4-2-1-3-15(16)21)17-9-10-18(24)20-19(17)25/h1-4,13,17H,5-12H2,(H,20,24,25)/t17-/m0/s1. The summed E-state index contributed by atoms with van der Waals surface area (Å²) in [5, 5.41) is 2.47. The number of anilines is 2. The van der Waals surface area contributed by atoms with E-state index in [2.05, 4.69) is 27.2 Å². The van der Waals surface area contributed by atoms with Crippen molar-refractivity contribution in [1.82, 2.24) is 5.32 Å². The van der Waals surface area contributed by atoms with E-state index in [1.54, 1.807) is 0 Å². The number of imide groups is 1. The summed E-state index contributed by atoms with van der Waals surface area (Å²) in [7, 11) is 0. The van der Waals surface area contributed by atoms with E-state index in [1.165, 1.54) is 0 Å². The van der Waals surface area contributed by atoms with Crippen molar-refractivity contribution in [2.45, 2.75) is 50.6 Å². The lowest BCUT2D eigenvalue weighted by Gasteiger charge is -2.46. The molecule has 1 aromatic carbocycles. The zero-order chi connectivity index (χ0) is 17.4. The number of amides is 2. The summed E-state index contributed by atoms with van der Waals surface area (Å²) < 4.78 is 0. The Hall–Kier alpha value is -2.37. The molecule has 2 heterocycles. The summed E-state index contributed by atoms with van der Waals surface area (Å²) in [4.78, 5) is 39.9. The van der Waals surface area contributed by atoms with Gasteiger partial charge in [-0.05, 0) is 31.4 Å². The van der Waals surface area contributed by atoms with Gasteiger partial charge in [0.25, 0.3) is 0 Å².